The predicted octanol–water partition coefficient (Wildman–Crippen LogP) is 0.578. The van der Waals surface area contributed by atoms with Gasteiger partial charge in [0, 0.05) is 38.8 Å². The first-order valence-corrected chi connectivity index (χ1v) is 9.79. The van der Waals surface area contributed by atoms with E-state index in [1.54, 1.807) is 13.2 Å². The fourth-order valence-electron chi connectivity index (χ4n) is 4.22. The Balaban J connectivity index is 1.60. The Labute approximate surface area is 163 Å². The van der Waals surface area contributed by atoms with Crippen molar-refractivity contribution < 1.29 is 4.79 Å². The van der Waals surface area contributed by atoms with Crippen molar-refractivity contribution in [2.24, 2.45) is 20.0 Å². The average Bonchev–Trinajstić information content (AvgIpc) is 3.34. The molecule has 1 amide bonds. The molecule has 148 valence electrons. The highest BCUT2D eigenvalue weighted by Gasteiger charge is 2.47. The summed E-state index contributed by atoms with van der Waals surface area (Å²) in [4.78, 5) is 39.8. The van der Waals surface area contributed by atoms with E-state index in [1.807, 2.05) is 23.1 Å². The molecule has 0 spiro atoms. The Morgan fingerprint density at radius 3 is 2.64 bits per heavy atom. The molecule has 2 heterocycles. The first kappa shape index (κ1) is 18.7. The molecule has 3 atom stereocenters. The summed E-state index contributed by atoms with van der Waals surface area (Å²) in [6.07, 6.45) is 3.29. The molecule has 1 aliphatic heterocycles. The molecule has 7 nitrogen and oxygen atoms in total. The lowest BCUT2D eigenvalue weighted by molar-refractivity contribution is -0.135. The van der Waals surface area contributed by atoms with Crippen LogP contribution in [0.1, 0.15) is 29.9 Å². The third-order valence-electron chi connectivity index (χ3n) is 5.95. The maximum atomic E-state index is 13.3. The number of aromatic nitrogens is 2. The minimum atomic E-state index is -0.361. The minimum Gasteiger partial charge on any atom is -0.334 e. The number of nitrogens with zero attached hydrogens (tertiary/aromatic N) is 3. The maximum absolute atomic E-state index is 13.3. The summed E-state index contributed by atoms with van der Waals surface area (Å²) in [7, 11) is 3.10. The summed E-state index contributed by atoms with van der Waals surface area (Å²) >= 11 is 0. The van der Waals surface area contributed by atoms with Gasteiger partial charge in [-0.15, -0.1) is 0 Å². The maximum Gasteiger partial charge on any atom is 0.330 e. The van der Waals surface area contributed by atoms with Crippen LogP contribution in [0, 0.1) is 5.92 Å². The molecule has 7 heteroatoms. The Hall–Kier alpha value is -2.67. The van der Waals surface area contributed by atoms with Crippen LogP contribution >= 0.6 is 0 Å². The summed E-state index contributed by atoms with van der Waals surface area (Å²) in [5.41, 5.74) is 0.980. The zero-order valence-electron chi connectivity index (χ0n) is 16.3. The molecular weight excluding hydrogens is 356 g/mol. The first-order valence-electron chi connectivity index (χ1n) is 9.79. The van der Waals surface area contributed by atoms with Crippen LogP contribution in [0.5, 0.6) is 0 Å². The minimum absolute atomic E-state index is 0.0283. The van der Waals surface area contributed by atoms with E-state index >= 15 is 0 Å². The van der Waals surface area contributed by atoms with E-state index in [9.17, 15) is 14.4 Å². The van der Waals surface area contributed by atoms with Gasteiger partial charge in [-0.25, -0.2) is 4.79 Å². The van der Waals surface area contributed by atoms with E-state index in [2.05, 4.69) is 17.4 Å². The Morgan fingerprint density at radius 1 is 1.21 bits per heavy atom. The van der Waals surface area contributed by atoms with Crippen LogP contribution in [0.3, 0.4) is 0 Å². The lowest BCUT2D eigenvalue weighted by atomic mass is 10.1. The van der Waals surface area contributed by atoms with Gasteiger partial charge in [-0.05, 0) is 30.9 Å². The number of hydrogen-bond acceptors (Lipinski definition) is 4. The fourth-order valence-corrected chi connectivity index (χ4v) is 4.22. The highest BCUT2D eigenvalue weighted by molar-refractivity contribution is 5.83. The normalized spacial score (nSPS) is 23.6. The molecule has 2 aromatic rings. The van der Waals surface area contributed by atoms with Crippen molar-refractivity contribution in [3.63, 3.8) is 0 Å². The van der Waals surface area contributed by atoms with Crippen LogP contribution in [0.15, 0.2) is 46.1 Å². The predicted molar refractivity (Wildman–Crippen MR) is 106 cm³/mol. The molecule has 1 aromatic heterocycles. The molecular formula is C21H26N4O3. The topological polar surface area (TPSA) is 76.3 Å². The van der Waals surface area contributed by atoms with Gasteiger partial charge in [0.15, 0.2) is 0 Å². The van der Waals surface area contributed by atoms with Gasteiger partial charge in [-0.2, -0.15) is 0 Å². The number of aryl methyl sites for hydroxylation is 1. The molecule has 1 N–H and O–H groups in total. The number of rotatable bonds is 5. The zero-order chi connectivity index (χ0) is 19.8. The van der Waals surface area contributed by atoms with Crippen molar-refractivity contribution in [3.8, 4) is 0 Å². The summed E-state index contributed by atoms with van der Waals surface area (Å²) in [6, 6.07) is 10.2. The number of benzene rings is 1. The van der Waals surface area contributed by atoms with Gasteiger partial charge in [0.2, 0.25) is 5.91 Å². The summed E-state index contributed by atoms with van der Waals surface area (Å²) < 4.78 is 2.50. The number of amides is 1. The third-order valence-corrected chi connectivity index (χ3v) is 5.95. The van der Waals surface area contributed by atoms with Gasteiger partial charge in [-0.3, -0.25) is 14.2 Å². The van der Waals surface area contributed by atoms with Gasteiger partial charge in [0.25, 0.3) is 5.56 Å². The standard InChI is InChI=1S/C21H26N4O3/c1-23-12-15(19(26)24(2)21(23)28)13-25(16-8-9-22-11-16)20(27)18-10-17(18)14-6-4-3-5-7-14/h3-7,12,16-18,22H,8-11,13H2,1-2H3/t16-,17+,18-/m1/s1. The van der Waals surface area contributed by atoms with Crippen molar-refractivity contribution in [2.75, 3.05) is 13.1 Å². The van der Waals surface area contributed by atoms with Crippen molar-refractivity contribution in [1.29, 1.82) is 0 Å². The molecule has 28 heavy (non-hydrogen) atoms. The van der Waals surface area contributed by atoms with Gasteiger partial charge in [0.05, 0.1) is 12.1 Å². The fraction of sp³-hybridized carbons (Fsp3) is 0.476. The van der Waals surface area contributed by atoms with Crippen molar-refractivity contribution >= 4 is 5.91 Å². The van der Waals surface area contributed by atoms with Crippen LogP contribution in [0.4, 0.5) is 0 Å². The molecule has 1 aliphatic carbocycles. The smallest absolute Gasteiger partial charge is 0.330 e. The Bertz CT molecular complexity index is 989. The highest BCUT2D eigenvalue weighted by Crippen LogP contribution is 2.48. The zero-order valence-corrected chi connectivity index (χ0v) is 16.3. The Kier molecular flexibility index (Phi) is 4.93. The Morgan fingerprint density at radius 2 is 1.96 bits per heavy atom. The summed E-state index contributed by atoms with van der Waals surface area (Å²) in [6.45, 7) is 1.84. The van der Waals surface area contributed by atoms with Gasteiger partial charge < -0.3 is 14.8 Å². The van der Waals surface area contributed by atoms with Crippen LogP contribution in [0.25, 0.3) is 0 Å². The largest absolute Gasteiger partial charge is 0.334 e. The van der Waals surface area contributed by atoms with Gasteiger partial charge in [-0.1, -0.05) is 30.3 Å². The molecule has 0 radical (unpaired) electrons. The lowest BCUT2D eigenvalue weighted by Crippen LogP contribution is -2.45. The second-order valence-electron chi connectivity index (χ2n) is 7.88. The number of carbonyl (C=O) groups excluding carboxylic acids is 1. The van der Waals surface area contributed by atoms with Crippen molar-refractivity contribution in [1.82, 2.24) is 19.4 Å². The van der Waals surface area contributed by atoms with Gasteiger partial charge >= 0.3 is 5.69 Å². The molecule has 1 aromatic carbocycles. The van der Waals surface area contributed by atoms with Crippen LogP contribution in [-0.4, -0.2) is 39.1 Å². The van der Waals surface area contributed by atoms with E-state index in [-0.39, 0.29) is 41.6 Å². The quantitative estimate of drug-likeness (QED) is 0.821. The van der Waals surface area contributed by atoms with E-state index in [1.165, 1.54) is 17.2 Å². The van der Waals surface area contributed by atoms with Crippen LogP contribution < -0.4 is 16.6 Å². The molecule has 1 saturated carbocycles. The average molecular weight is 382 g/mol. The third kappa shape index (κ3) is 3.42. The highest BCUT2D eigenvalue weighted by atomic mass is 16.2. The molecule has 2 aliphatic rings. The van der Waals surface area contributed by atoms with E-state index < -0.39 is 0 Å². The van der Waals surface area contributed by atoms with E-state index in [0.717, 1.165) is 30.5 Å². The number of carbonyl (C=O) groups is 1. The van der Waals surface area contributed by atoms with Gasteiger partial charge in [0.1, 0.15) is 0 Å². The molecule has 0 unspecified atom stereocenters. The molecule has 4 rings (SSSR count). The van der Waals surface area contributed by atoms with Crippen molar-refractivity contribution in [3.05, 3.63) is 68.5 Å². The SMILES string of the molecule is Cn1cc(CN(C(=O)[C@@H]2C[C@H]2c2ccccc2)[C@@H]2CCNC2)c(=O)n(C)c1=O. The first-order chi connectivity index (χ1) is 13.5. The molecule has 0 bridgehead atoms. The van der Waals surface area contributed by atoms with Crippen LogP contribution in [0.2, 0.25) is 0 Å². The lowest BCUT2D eigenvalue weighted by Gasteiger charge is -2.29. The second-order valence-corrected chi connectivity index (χ2v) is 7.88. The second kappa shape index (κ2) is 7.39. The van der Waals surface area contributed by atoms with Crippen molar-refractivity contribution in [2.45, 2.75) is 31.3 Å². The van der Waals surface area contributed by atoms with E-state index in [0.29, 0.717) is 5.56 Å². The number of nitrogens with one attached hydrogen (secondary N) is 1. The van der Waals surface area contributed by atoms with Crippen LogP contribution in [-0.2, 0) is 25.4 Å². The molecule has 2 fully saturated rings. The summed E-state index contributed by atoms with van der Waals surface area (Å²) in [5, 5.41) is 3.31. The van der Waals surface area contributed by atoms with E-state index in [4.69, 9.17) is 0 Å². The number of hydrogen-bond donors (Lipinski definition) is 1. The monoisotopic (exact) mass is 382 g/mol. The summed E-state index contributed by atoms with van der Waals surface area (Å²) in [5.74, 6) is 0.339. The molecule has 1 saturated heterocycles.